The van der Waals surface area contributed by atoms with E-state index >= 15 is 0 Å². The lowest BCUT2D eigenvalue weighted by molar-refractivity contribution is 0.490. The molecule has 1 aliphatic rings. The molecule has 0 radical (unpaired) electrons. The van der Waals surface area contributed by atoms with E-state index < -0.39 is 0 Å². The molecule has 1 aromatic rings. The maximum Gasteiger partial charge on any atom is 0.0292 e. The zero-order valence-corrected chi connectivity index (χ0v) is 14.4. The first-order valence-corrected chi connectivity index (χ1v) is 8.77. The number of benzene rings is 1. The van der Waals surface area contributed by atoms with Crippen LogP contribution in [-0.4, -0.2) is 17.0 Å². The molecule has 112 valence electrons. The lowest BCUT2D eigenvalue weighted by Gasteiger charge is -2.26. The van der Waals surface area contributed by atoms with Crippen molar-refractivity contribution in [3.63, 3.8) is 0 Å². The highest BCUT2D eigenvalue weighted by Gasteiger charge is 2.29. The molecule has 0 spiro atoms. The van der Waals surface area contributed by atoms with Crippen molar-refractivity contribution in [2.45, 2.75) is 63.7 Å². The van der Waals surface area contributed by atoms with Crippen molar-refractivity contribution in [2.75, 3.05) is 12.3 Å². The number of thioether (sulfide) groups is 1. The summed E-state index contributed by atoms with van der Waals surface area (Å²) in [5.41, 5.74) is 3.04. The molecular formula is C18H29NS. The summed E-state index contributed by atoms with van der Waals surface area (Å²) in [6.07, 6.45) is 2.72. The fraction of sp³-hybridized carbons (Fsp3) is 0.667. The quantitative estimate of drug-likeness (QED) is 0.845. The van der Waals surface area contributed by atoms with E-state index in [1.807, 2.05) is 0 Å². The number of nitrogens with one attached hydrogen (secondary N) is 1. The number of hydrogen-bond donors (Lipinski definition) is 1. The van der Waals surface area contributed by atoms with E-state index in [9.17, 15) is 0 Å². The van der Waals surface area contributed by atoms with E-state index in [1.54, 1.807) is 0 Å². The zero-order chi connectivity index (χ0) is 14.8. The second-order valence-electron chi connectivity index (χ2n) is 7.38. The van der Waals surface area contributed by atoms with Crippen LogP contribution in [0.15, 0.2) is 24.3 Å². The summed E-state index contributed by atoms with van der Waals surface area (Å²) in [5, 5.41) is 3.72. The molecular weight excluding hydrogens is 262 g/mol. The molecule has 1 aliphatic heterocycles. The van der Waals surface area contributed by atoms with Gasteiger partial charge in [0.1, 0.15) is 0 Å². The standard InChI is InChI=1S/C18H29NS/c1-14(19-13-18(5)11-6-12-20-18)15-7-9-16(10-8-15)17(2,3)4/h7-10,14,19H,6,11-13H2,1-5H3. The molecule has 0 amide bonds. The van der Waals surface area contributed by atoms with E-state index in [0.717, 1.165) is 6.54 Å². The fourth-order valence-electron chi connectivity index (χ4n) is 2.73. The second-order valence-corrected chi connectivity index (χ2v) is 9.06. The zero-order valence-electron chi connectivity index (χ0n) is 13.6. The van der Waals surface area contributed by atoms with Gasteiger partial charge in [0.05, 0.1) is 0 Å². The minimum Gasteiger partial charge on any atom is -0.309 e. The highest BCUT2D eigenvalue weighted by Crippen LogP contribution is 2.37. The fourth-order valence-corrected chi connectivity index (χ4v) is 3.99. The first-order chi connectivity index (χ1) is 9.30. The van der Waals surface area contributed by atoms with E-state index in [1.165, 1.54) is 29.7 Å². The van der Waals surface area contributed by atoms with E-state index in [4.69, 9.17) is 0 Å². The van der Waals surface area contributed by atoms with Crippen LogP contribution in [0.1, 0.15) is 64.6 Å². The maximum atomic E-state index is 3.72. The van der Waals surface area contributed by atoms with Gasteiger partial charge < -0.3 is 5.32 Å². The predicted octanol–water partition coefficient (Wildman–Crippen LogP) is 4.92. The molecule has 1 aromatic carbocycles. The molecule has 0 aromatic heterocycles. The number of rotatable bonds is 4. The second kappa shape index (κ2) is 6.11. The monoisotopic (exact) mass is 291 g/mol. The van der Waals surface area contributed by atoms with E-state index in [2.05, 4.69) is 76.0 Å². The van der Waals surface area contributed by atoms with Gasteiger partial charge in [0.2, 0.25) is 0 Å². The average molecular weight is 292 g/mol. The minimum atomic E-state index is 0.239. The molecule has 0 bridgehead atoms. The third kappa shape index (κ3) is 4.02. The maximum absolute atomic E-state index is 3.72. The summed E-state index contributed by atoms with van der Waals surface area (Å²) in [7, 11) is 0. The molecule has 2 unspecified atom stereocenters. The van der Waals surface area contributed by atoms with Crippen LogP contribution in [-0.2, 0) is 5.41 Å². The van der Waals surface area contributed by atoms with Crippen LogP contribution in [0.3, 0.4) is 0 Å². The topological polar surface area (TPSA) is 12.0 Å². The van der Waals surface area contributed by atoms with Gasteiger partial charge in [0, 0.05) is 17.3 Å². The van der Waals surface area contributed by atoms with Crippen LogP contribution in [0.5, 0.6) is 0 Å². The Kier molecular flexibility index (Phi) is 4.86. The molecule has 0 aliphatic carbocycles. The molecule has 2 heteroatoms. The Hall–Kier alpha value is -0.470. The van der Waals surface area contributed by atoms with Crippen molar-refractivity contribution in [3.8, 4) is 0 Å². The third-order valence-electron chi connectivity index (χ3n) is 4.36. The molecule has 1 heterocycles. The molecule has 1 saturated heterocycles. The Labute approximate surface area is 128 Å². The Morgan fingerprint density at radius 1 is 1.25 bits per heavy atom. The molecule has 1 N–H and O–H groups in total. The number of hydrogen-bond acceptors (Lipinski definition) is 2. The van der Waals surface area contributed by atoms with Crippen LogP contribution in [0.25, 0.3) is 0 Å². The predicted molar refractivity (Wildman–Crippen MR) is 91.7 cm³/mol. The average Bonchev–Trinajstić information content (AvgIpc) is 2.83. The van der Waals surface area contributed by atoms with Crippen LogP contribution < -0.4 is 5.32 Å². The van der Waals surface area contributed by atoms with E-state index in [-0.39, 0.29) is 5.41 Å². The summed E-state index contributed by atoms with van der Waals surface area (Å²) >= 11 is 2.13. The molecule has 1 nitrogen and oxygen atoms in total. The van der Waals surface area contributed by atoms with Crippen molar-refractivity contribution in [3.05, 3.63) is 35.4 Å². The van der Waals surface area contributed by atoms with Crippen molar-refractivity contribution >= 4 is 11.8 Å². The van der Waals surface area contributed by atoms with Crippen molar-refractivity contribution < 1.29 is 0 Å². The Morgan fingerprint density at radius 3 is 2.40 bits per heavy atom. The van der Waals surface area contributed by atoms with Gasteiger partial charge in [-0.15, -0.1) is 0 Å². The molecule has 1 fully saturated rings. The Balaban J connectivity index is 1.94. The Morgan fingerprint density at radius 2 is 1.90 bits per heavy atom. The van der Waals surface area contributed by atoms with Crippen LogP contribution >= 0.6 is 11.8 Å². The lowest BCUT2D eigenvalue weighted by Crippen LogP contribution is -2.34. The summed E-state index contributed by atoms with van der Waals surface area (Å²) in [6, 6.07) is 9.55. The normalized spacial score (nSPS) is 24.9. The van der Waals surface area contributed by atoms with Crippen molar-refractivity contribution in [1.82, 2.24) is 5.32 Å². The Bertz CT molecular complexity index is 424. The highest BCUT2D eigenvalue weighted by atomic mass is 32.2. The molecule has 2 rings (SSSR count). The third-order valence-corrected chi connectivity index (χ3v) is 5.90. The van der Waals surface area contributed by atoms with Gasteiger partial charge in [-0.25, -0.2) is 0 Å². The molecule has 0 saturated carbocycles. The van der Waals surface area contributed by atoms with Gasteiger partial charge in [-0.2, -0.15) is 11.8 Å². The van der Waals surface area contributed by atoms with Gasteiger partial charge >= 0.3 is 0 Å². The SMILES string of the molecule is CC(NCC1(C)CCCS1)c1ccc(C(C)(C)C)cc1. The molecule has 20 heavy (non-hydrogen) atoms. The van der Waals surface area contributed by atoms with Crippen LogP contribution in [0.2, 0.25) is 0 Å². The van der Waals surface area contributed by atoms with Crippen molar-refractivity contribution in [2.24, 2.45) is 0 Å². The van der Waals surface area contributed by atoms with Gasteiger partial charge in [0.15, 0.2) is 0 Å². The smallest absolute Gasteiger partial charge is 0.0292 e. The van der Waals surface area contributed by atoms with Gasteiger partial charge in [-0.3, -0.25) is 0 Å². The minimum absolute atomic E-state index is 0.239. The van der Waals surface area contributed by atoms with Crippen molar-refractivity contribution in [1.29, 1.82) is 0 Å². The van der Waals surface area contributed by atoms with Gasteiger partial charge in [-0.1, -0.05) is 45.0 Å². The van der Waals surface area contributed by atoms with Gasteiger partial charge in [-0.05, 0) is 49.0 Å². The highest BCUT2D eigenvalue weighted by molar-refractivity contribution is 8.00. The summed E-state index contributed by atoms with van der Waals surface area (Å²) in [4.78, 5) is 0. The molecule has 2 atom stereocenters. The largest absolute Gasteiger partial charge is 0.309 e. The first kappa shape index (κ1) is 15.9. The first-order valence-electron chi connectivity index (χ1n) is 7.78. The lowest BCUT2D eigenvalue weighted by atomic mass is 9.86. The van der Waals surface area contributed by atoms with Crippen LogP contribution in [0.4, 0.5) is 0 Å². The van der Waals surface area contributed by atoms with Crippen LogP contribution in [0, 0.1) is 0 Å². The summed E-state index contributed by atoms with van der Waals surface area (Å²) in [6.45, 7) is 12.6. The summed E-state index contributed by atoms with van der Waals surface area (Å²) in [5.74, 6) is 1.33. The summed E-state index contributed by atoms with van der Waals surface area (Å²) < 4.78 is 0.444. The van der Waals surface area contributed by atoms with E-state index in [0.29, 0.717) is 10.8 Å². The van der Waals surface area contributed by atoms with Gasteiger partial charge in [0.25, 0.3) is 0 Å².